The van der Waals surface area contributed by atoms with Crippen molar-refractivity contribution in [2.45, 2.75) is 33.6 Å². The van der Waals surface area contributed by atoms with Crippen LogP contribution in [0.1, 0.15) is 37.8 Å². The van der Waals surface area contributed by atoms with Crippen LogP contribution in [0.2, 0.25) is 0 Å². The molecule has 0 saturated heterocycles. The summed E-state index contributed by atoms with van der Waals surface area (Å²) in [4.78, 5) is 0. The van der Waals surface area contributed by atoms with Crippen molar-refractivity contribution in [3.05, 3.63) is 29.3 Å². The van der Waals surface area contributed by atoms with Gasteiger partial charge in [-0.2, -0.15) is 0 Å². The van der Waals surface area contributed by atoms with Crippen LogP contribution >= 0.6 is 0 Å². The Morgan fingerprint density at radius 3 is 2.83 bits per heavy atom. The van der Waals surface area contributed by atoms with Crippen molar-refractivity contribution in [2.75, 3.05) is 6.61 Å². The Hall–Kier alpha value is -1.71. The van der Waals surface area contributed by atoms with E-state index in [9.17, 15) is 0 Å². The average Bonchev–Trinajstić information content (AvgIpc) is 2.36. The van der Waals surface area contributed by atoms with Crippen molar-refractivity contribution in [1.29, 1.82) is 0 Å². The van der Waals surface area contributed by atoms with Crippen molar-refractivity contribution in [3.63, 3.8) is 0 Å². The molecule has 100 valence electrons. The van der Waals surface area contributed by atoms with Gasteiger partial charge in [-0.05, 0) is 31.4 Å². The molecule has 0 heterocycles. The van der Waals surface area contributed by atoms with E-state index in [-0.39, 0.29) is 5.84 Å². The molecule has 1 rings (SSSR count). The minimum absolute atomic E-state index is 0.0804. The van der Waals surface area contributed by atoms with E-state index in [1.54, 1.807) is 0 Å². The number of ether oxygens (including phenoxy) is 1. The summed E-state index contributed by atoms with van der Waals surface area (Å²) in [5.74, 6) is 1.24. The molecule has 0 aliphatic rings. The first kappa shape index (κ1) is 14.4. The zero-order valence-electron chi connectivity index (χ0n) is 11.3. The van der Waals surface area contributed by atoms with Gasteiger partial charge in [0.1, 0.15) is 5.75 Å². The summed E-state index contributed by atoms with van der Waals surface area (Å²) in [5.41, 5.74) is 7.34. The summed E-state index contributed by atoms with van der Waals surface area (Å²) in [5, 5.41) is 11.8. The summed E-state index contributed by atoms with van der Waals surface area (Å²) in [6.07, 6.45) is 2.27. The van der Waals surface area contributed by atoms with Gasteiger partial charge in [-0.15, -0.1) is 0 Å². The molecule has 18 heavy (non-hydrogen) atoms. The van der Waals surface area contributed by atoms with Crippen LogP contribution in [-0.2, 0) is 0 Å². The van der Waals surface area contributed by atoms with Crippen LogP contribution in [0.25, 0.3) is 0 Å². The number of hydrogen-bond acceptors (Lipinski definition) is 3. The van der Waals surface area contributed by atoms with Gasteiger partial charge < -0.3 is 15.7 Å². The maximum atomic E-state index is 8.77. The second-order valence-corrected chi connectivity index (χ2v) is 4.69. The van der Waals surface area contributed by atoms with Crippen molar-refractivity contribution in [2.24, 2.45) is 16.8 Å². The molecule has 0 aliphatic carbocycles. The second-order valence-electron chi connectivity index (χ2n) is 4.69. The number of rotatable bonds is 6. The topological polar surface area (TPSA) is 67.8 Å². The average molecular weight is 250 g/mol. The number of oxime groups is 1. The summed E-state index contributed by atoms with van der Waals surface area (Å²) in [6, 6.07) is 5.67. The summed E-state index contributed by atoms with van der Waals surface area (Å²) in [7, 11) is 0. The van der Waals surface area contributed by atoms with Crippen LogP contribution in [0.4, 0.5) is 0 Å². The zero-order chi connectivity index (χ0) is 13.5. The van der Waals surface area contributed by atoms with Gasteiger partial charge in [0, 0.05) is 0 Å². The predicted molar refractivity (Wildman–Crippen MR) is 73.3 cm³/mol. The fourth-order valence-electron chi connectivity index (χ4n) is 1.83. The Morgan fingerprint density at radius 2 is 2.22 bits per heavy atom. The molecule has 3 N–H and O–H groups in total. The van der Waals surface area contributed by atoms with Crippen molar-refractivity contribution < 1.29 is 9.94 Å². The molecule has 0 aromatic heterocycles. The molecule has 1 unspecified atom stereocenters. The number of hydrogen-bond donors (Lipinski definition) is 2. The van der Waals surface area contributed by atoms with E-state index in [0.717, 1.165) is 18.4 Å². The third-order valence-corrected chi connectivity index (χ3v) is 2.82. The molecule has 4 nitrogen and oxygen atoms in total. The highest BCUT2D eigenvalue weighted by molar-refractivity contribution is 5.99. The molecule has 0 amide bonds. The molecule has 0 fully saturated rings. The summed E-state index contributed by atoms with van der Waals surface area (Å²) < 4.78 is 5.76. The lowest BCUT2D eigenvalue weighted by Gasteiger charge is -2.15. The van der Waals surface area contributed by atoms with Gasteiger partial charge in [0.2, 0.25) is 0 Å². The van der Waals surface area contributed by atoms with Gasteiger partial charge in [-0.3, -0.25) is 0 Å². The fourth-order valence-corrected chi connectivity index (χ4v) is 1.83. The Kier molecular flexibility index (Phi) is 5.49. The second kappa shape index (κ2) is 6.89. The highest BCUT2D eigenvalue weighted by Gasteiger charge is 2.10. The number of amidine groups is 1. The Balaban J connectivity index is 2.82. The summed E-state index contributed by atoms with van der Waals surface area (Å²) >= 11 is 0. The lowest BCUT2D eigenvalue weighted by molar-refractivity contribution is 0.251. The van der Waals surface area contributed by atoms with E-state index < -0.39 is 0 Å². The SMILES string of the molecule is CCCC(C)COc1ccc(C)cc1/C(N)=N/O. The Morgan fingerprint density at radius 1 is 1.50 bits per heavy atom. The lowest BCUT2D eigenvalue weighted by atomic mass is 10.1. The molecule has 0 bridgehead atoms. The highest BCUT2D eigenvalue weighted by Crippen LogP contribution is 2.21. The lowest BCUT2D eigenvalue weighted by Crippen LogP contribution is -2.16. The van der Waals surface area contributed by atoms with Gasteiger partial charge in [-0.25, -0.2) is 0 Å². The van der Waals surface area contributed by atoms with Gasteiger partial charge in [-0.1, -0.05) is 37.1 Å². The third-order valence-electron chi connectivity index (χ3n) is 2.82. The molecule has 0 radical (unpaired) electrons. The van der Waals surface area contributed by atoms with Crippen LogP contribution in [-0.4, -0.2) is 17.6 Å². The van der Waals surface area contributed by atoms with Crippen molar-refractivity contribution in [1.82, 2.24) is 0 Å². The predicted octanol–water partition coefficient (Wildman–Crippen LogP) is 2.90. The number of nitrogens with two attached hydrogens (primary N) is 1. The maximum absolute atomic E-state index is 8.77. The molecule has 1 atom stereocenters. The molecule has 0 spiro atoms. The fraction of sp³-hybridized carbons (Fsp3) is 0.500. The van der Waals surface area contributed by atoms with Crippen molar-refractivity contribution in [3.8, 4) is 5.75 Å². The van der Waals surface area contributed by atoms with Crippen LogP contribution < -0.4 is 10.5 Å². The smallest absolute Gasteiger partial charge is 0.173 e. The van der Waals surface area contributed by atoms with Gasteiger partial charge in [0.25, 0.3) is 0 Å². The highest BCUT2D eigenvalue weighted by atomic mass is 16.5. The first-order valence-corrected chi connectivity index (χ1v) is 6.29. The molecular formula is C14H22N2O2. The first-order valence-electron chi connectivity index (χ1n) is 6.29. The van der Waals surface area contributed by atoms with E-state index in [1.165, 1.54) is 0 Å². The molecule has 0 aliphatic heterocycles. The normalized spacial score (nSPS) is 13.4. The van der Waals surface area contributed by atoms with Crippen molar-refractivity contribution >= 4 is 5.84 Å². The first-order chi connectivity index (χ1) is 8.58. The minimum Gasteiger partial charge on any atom is -0.493 e. The number of nitrogens with zero attached hydrogens (tertiary/aromatic N) is 1. The molecule has 1 aromatic rings. The number of aryl methyl sites for hydroxylation is 1. The zero-order valence-corrected chi connectivity index (χ0v) is 11.3. The van der Waals surface area contributed by atoms with Crippen LogP contribution in [0.5, 0.6) is 5.75 Å². The van der Waals surface area contributed by atoms with Gasteiger partial charge in [0.05, 0.1) is 12.2 Å². The Labute approximate surface area is 108 Å². The van der Waals surface area contributed by atoms with Gasteiger partial charge >= 0.3 is 0 Å². The van der Waals surface area contributed by atoms with E-state index in [0.29, 0.717) is 23.8 Å². The quantitative estimate of drug-likeness (QED) is 0.353. The molecule has 4 heteroatoms. The van der Waals surface area contributed by atoms with Crippen LogP contribution in [0, 0.1) is 12.8 Å². The monoisotopic (exact) mass is 250 g/mol. The van der Waals surface area contributed by atoms with E-state index in [2.05, 4.69) is 19.0 Å². The van der Waals surface area contributed by atoms with Crippen LogP contribution in [0.15, 0.2) is 23.4 Å². The van der Waals surface area contributed by atoms with E-state index in [4.69, 9.17) is 15.7 Å². The maximum Gasteiger partial charge on any atom is 0.173 e. The summed E-state index contributed by atoms with van der Waals surface area (Å²) in [6.45, 7) is 6.91. The molecule has 1 aromatic carbocycles. The largest absolute Gasteiger partial charge is 0.493 e. The van der Waals surface area contributed by atoms with E-state index in [1.807, 2.05) is 25.1 Å². The van der Waals surface area contributed by atoms with E-state index >= 15 is 0 Å². The third kappa shape index (κ3) is 3.95. The van der Waals surface area contributed by atoms with Gasteiger partial charge in [0.15, 0.2) is 5.84 Å². The molecular weight excluding hydrogens is 228 g/mol. The van der Waals surface area contributed by atoms with Crippen LogP contribution in [0.3, 0.4) is 0 Å². The number of benzene rings is 1. The minimum atomic E-state index is 0.0804. The molecule has 0 saturated carbocycles. The standard InChI is InChI=1S/C14H22N2O2/c1-4-5-11(3)9-18-13-7-6-10(2)8-12(13)14(15)16-17/h6-8,11,17H,4-5,9H2,1-3H3,(H2,15,16). The Bertz CT molecular complexity index is 416.